The molecule has 84 valence electrons. The fourth-order valence-electron chi connectivity index (χ4n) is 1.90. The van der Waals surface area contributed by atoms with Crippen LogP contribution in [-0.4, -0.2) is 31.5 Å². The monoisotopic (exact) mass is 246 g/mol. The minimum Gasteiger partial charge on any atom is -0.273 e. The number of alkyl halides is 1. The molecule has 0 bridgehead atoms. The van der Waals surface area contributed by atoms with Gasteiger partial charge in [0, 0.05) is 5.39 Å². The van der Waals surface area contributed by atoms with E-state index in [-0.39, 0.29) is 11.8 Å². The quantitative estimate of drug-likeness (QED) is 0.615. The van der Waals surface area contributed by atoms with Gasteiger partial charge in [0.25, 0.3) is 0 Å². The van der Waals surface area contributed by atoms with Crippen LogP contribution in [0.15, 0.2) is 30.6 Å². The van der Waals surface area contributed by atoms with Gasteiger partial charge >= 0.3 is 0 Å². The minimum absolute atomic E-state index is 0.0994. The first kappa shape index (κ1) is 10.2. The number of para-hydroxylation sites is 1. The smallest absolute Gasteiger partial charge is 0.247 e. The SMILES string of the molecule is O=C(CCl)n1c2ccccc2c2nncnc21. The summed E-state index contributed by atoms with van der Waals surface area (Å²) >= 11 is 5.61. The molecular weight excluding hydrogens is 240 g/mol. The number of carbonyl (C=O) groups is 1. The molecule has 17 heavy (non-hydrogen) atoms. The lowest BCUT2D eigenvalue weighted by atomic mass is 10.2. The summed E-state index contributed by atoms with van der Waals surface area (Å²) in [7, 11) is 0. The molecule has 0 atom stereocenters. The fraction of sp³-hybridized carbons (Fsp3) is 0.0909. The molecule has 0 aliphatic rings. The van der Waals surface area contributed by atoms with E-state index < -0.39 is 0 Å². The topological polar surface area (TPSA) is 60.7 Å². The number of nitrogens with zero attached hydrogens (tertiary/aromatic N) is 4. The van der Waals surface area contributed by atoms with Crippen molar-refractivity contribution in [2.24, 2.45) is 0 Å². The van der Waals surface area contributed by atoms with E-state index >= 15 is 0 Å². The van der Waals surface area contributed by atoms with Crippen molar-refractivity contribution >= 4 is 39.6 Å². The van der Waals surface area contributed by atoms with Crippen molar-refractivity contribution in [3.63, 3.8) is 0 Å². The molecule has 2 aromatic heterocycles. The maximum atomic E-state index is 11.8. The Bertz CT molecular complexity index is 668. The van der Waals surface area contributed by atoms with Gasteiger partial charge in [0.1, 0.15) is 17.7 Å². The van der Waals surface area contributed by atoms with Crippen LogP contribution in [0.5, 0.6) is 0 Å². The Morgan fingerprint density at radius 3 is 3.00 bits per heavy atom. The highest BCUT2D eigenvalue weighted by Gasteiger charge is 2.16. The van der Waals surface area contributed by atoms with Crippen molar-refractivity contribution < 1.29 is 4.79 Å². The lowest BCUT2D eigenvalue weighted by Gasteiger charge is -2.00. The van der Waals surface area contributed by atoms with Crippen LogP contribution in [0, 0.1) is 0 Å². The van der Waals surface area contributed by atoms with Gasteiger partial charge in [-0.2, -0.15) is 0 Å². The number of rotatable bonds is 1. The van der Waals surface area contributed by atoms with Gasteiger partial charge in [-0.1, -0.05) is 18.2 Å². The van der Waals surface area contributed by atoms with E-state index in [0.29, 0.717) is 11.2 Å². The van der Waals surface area contributed by atoms with Crippen LogP contribution < -0.4 is 0 Å². The minimum atomic E-state index is -0.224. The molecule has 0 N–H and O–H groups in total. The van der Waals surface area contributed by atoms with E-state index in [0.717, 1.165) is 10.9 Å². The third kappa shape index (κ3) is 1.39. The Kier molecular flexibility index (Phi) is 2.26. The van der Waals surface area contributed by atoms with Crippen LogP contribution in [0.1, 0.15) is 4.79 Å². The van der Waals surface area contributed by atoms with Crippen LogP contribution in [0.4, 0.5) is 0 Å². The second-order valence-corrected chi connectivity index (χ2v) is 3.78. The lowest BCUT2D eigenvalue weighted by Crippen LogP contribution is -2.12. The molecule has 3 aromatic rings. The average molecular weight is 247 g/mol. The fourth-order valence-corrected chi connectivity index (χ4v) is 2.02. The zero-order chi connectivity index (χ0) is 11.8. The van der Waals surface area contributed by atoms with Gasteiger partial charge in [-0.05, 0) is 6.07 Å². The number of aromatic nitrogens is 4. The molecule has 0 fully saturated rings. The predicted octanol–water partition coefficient (Wildman–Crippen LogP) is 1.86. The highest BCUT2D eigenvalue weighted by atomic mass is 35.5. The summed E-state index contributed by atoms with van der Waals surface area (Å²) in [6.45, 7) is 0. The van der Waals surface area contributed by atoms with Gasteiger partial charge in [0.2, 0.25) is 5.91 Å². The summed E-state index contributed by atoms with van der Waals surface area (Å²) in [5.41, 5.74) is 1.86. The molecule has 0 unspecified atom stereocenters. The molecule has 1 aromatic carbocycles. The van der Waals surface area contributed by atoms with Crippen LogP contribution in [-0.2, 0) is 0 Å². The van der Waals surface area contributed by atoms with Gasteiger partial charge in [-0.25, -0.2) is 4.98 Å². The molecule has 0 aliphatic carbocycles. The van der Waals surface area contributed by atoms with Crippen molar-refractivity contribution in [3.05, 3.63) is 30.6 Å². The Labute approximate surface area is 101 Å². The van der Waals surface area contributed by atoms with E-state index in [1.807, 2.05) is 24.3 Å². The largest absolute Gasteiger partial charge is 0.273 e. The first-order valence-electron chi connectivity index (χ1n) is 4.99. The van der Waals surface area contributed by atoms with Gasteiger partial charge in [0.15, 0.2) is 5.65 Å². The molecule has 6 heteroatoms. The van der Waals surface area contributed by atoms with Crippen LogP contribution >= 0.6 is 11.6 Å². The predicted molar refractivity (Wildman–Crippen MR) is 64.2 cm³/mol. The molecule has 3 rings (SSSR count). The van der Waals surface area contributed by atoms with Gasteiger partial charge < -0.3 is 0 Å². The Morgan fingerprint density at radius 1 is 1.35 bits per heavy atom. The second-order valence-electron chi connectivity index (χ2n) is 3.51. The summed E-state index contributed by atoms with van der Waals surface area (Å²) in [4.78, 5) is 15.9. The molecule has 0 saturated heterocycles. The number of carbonyl (C=O) groups excluding carboxylic acids is 1. The maximum absolute atomic E-state index is 11.8. The molecule has 0 amide bonds. The number of hydrogen-bond acceptors (Lipinski definition) is 4. The van der Waals surface area contributed by atoms with Crippen LogP contribution in [0.25, 0.3) is 22.1 Å². The van der Waals surface area contributed by atoms with Crippen LogP contribution in [0.2, 0.25) is 0 Å². The van der Waals surface area contributed by atoms with Crippen molar-refractivity contribution in [2.45, 2.75) is 0 Å². The lowest BCUT2D eigenvalue weighted by molar-refractivity contribution is 0.0949. The molecule has 0 spiro atoms. The van der Waals surface area contributed by atoms with Crippen molar-refractivity contribution in [1.82, 2.24) is 19.7 Å². The number of hydrogen-bond donors (Lipinski definition) is 0. The average Bonchev–Trinajstić information content (AvgIpc) is 2.72. The first-order chi connectivity index (χ1) is 8.33. The highest BCUT2D eigenvalue weighted by Crippen LogP contribution is 2.25. The van der Waals surface area contributed by atoms with Gasteiger partial charge in [0.05, 0.1) is 5.52 Å². The van der Waals surface area contributed by atoms with Gasteiger partial charge in [-0.15, -0.1) is 21.8 Å². The molecular formula is C11H7ClN4O. The highest BCUT2D eigenvalue weighted by molar-refractivity contribution is 6.29. The molecule has 2 heterocycles. The van der Waals surface area contributed by atoms with E-state index in [1.54, 1.807) is 0 Å². The zero-order valence-electron chi connectivity index (χ0n) is 8.67. The number of fused-ring (bicyclic) bond motifs is 3. The van der Waals surface area contributed by atoms with E-state index in [9.17, 15) is 4.79 Å². The third-order valence-electron chi connectivity index (χ3n) is 2.58. The van der Waals surface area contributed by atoms with Crippen molar-refractivity contribution in [3.8, 4) is 0 Å². The molecule has 0 radical (unpaired) electrons. The van der Waals surface area contributed by atoms with E-state index in [2.05, 4.69) is 15.2 Å². The normalized spacial score (nSPS) is 11.1. The summed E-state index contributed by atoms with van der Waals surface area (Å²) < 4.78 is 1.48. The summed E-state index contributed by atoms with van der Waals surface area (Å²) in [6.07, 6.45) is 1.32. The maximum Gasteiger partial charge on any atom is 0.247 e. The standard InChI is InChI=1S/C11H7ClN4O/c12-5-9(17)16-8-4-2-1-3-7(8)10-11(16)13-6-14-15-10/h1-4,6H,5H2. The van der Waals surface area contributed by atoms with Crippen LogP contribution in [0.3, 0.4) is 0 Å². The Hall–Kier alpha value is -2.01. The summed E-state index contributed by atoms with van der Waals surface area (Å²) in [6, 6.07) is 7.45. The molecule has 5 nitrogen and oxygen atoms in total. The first-order valence-corrected chi connectivity index (χ1v) is 5.52. The van der Waals surface area contributed by atoms with E-state index in [4.69, 9.17) is 11.6 Å². The molecule has 0 saturated carbocycles. The summed E-state index contributed by atoms with van der Waals surface area (Å²) in [5, 5.41) is 8.61. The molecule has 0 aliphatic heterocycles. The van der Waals surface area contributed by atoms with E-state index in [1.165, 1.54) is 10.9 Å². The van der Waals surface area contributed by atoms with Crippen molar-refractivity contribution in [2.75, 3.05) is 5.88 Å². The summed E-state index contributed by atoms with van der Waals surface area (Å²) in [5.74, 6) is -0.323. The third-order valence-corrected chi connectivity index (χ3v) is 2.81. The second kappa shape index (κ2) is 3.78. The Balaban J connectivity index is 2.54. The van der Waals surface area contributed by atoms with Gasteiger partial charge in [-0.3, -0.25) is 9.36 Å². The Morgan fingerprint density at radius 2 is 2.18 bits per heavy atom. The zero-order valence-corrected chi connectivity index (χ0v) is 9.42. The number of halogens is 1. The number of benzene rings is 1. The van der Waals surface area contributed by atoms with Crippen molar-refractivity contribution in [1.29, 1.82) is 0 Å².